The van der Waals surface area contributed by atoms with Crippen molar-refractivity contribution in [2.24, 2.45) is 5.41 Å². The fourth-order valence-electron chi connectivity index (χ4n) is 6.29. The first-order valence-electron chi connectivity index (χ1n) is 15.7. The van der Waals surface area contributed by atoms with Crippen molar-refractivity contribution in [2.45, 2.75) is 39.2 Å². The second-order valence-electron chi connectivity index (χ2n) is 12.3. The van der Waals surface area contributed by atoms with E-state index in [-0.39, 0.29) is 27.7 Å². The van der Waals surface area contributed by atoms with Gasteiger partial charge in [-0.3, -0.25) is 9.69 Å². The fraction of sp³-hybridized carbons (Fsp3) is 0.441. The zero-order chi connectivity index (χ0) is 33.9. The number of aryl methyl sites for hydroxylation is 1. The number of carbonyl (C=O) groups is 2. The number of carbonyl (C=O) groups excluding carboxylic acids is 2. The normalized spacial score (nSPS) is 18.8. The molecule has 1 aliphatic carbocycles. The standard InChI is InChI=1S/C34H43Cl2N7O4/c1-7-29(44)39-25-15-22(43-19-34(20-43)11-13-42(8-2)14-12-34)9-10-23(25)38-24-16-28(37-18-21(24)3)41(4)33(45)40-32-30(35)26(46-5)17-27(47-6)31(32)36/h7,9,15-18,23H,1,8,10-14,19-20H2,2-6H3,(H,37,38)(H,39,44)(H,40,45). The number of benzene rings is 1. The molecule has 2 aliphatic heterocycles. The molecule has 47 heavy (non-hydrogen) atoms. The van der Waals surface area contributed by atoms with Crippen LogP contribution in [0.2, 0.25) is 10.0 Å². The molecule has 1 atom stereocenters. The van der Waals surface area contributed by atoms with Gasteiger partial charge in [-0.25, -0.2) is 9.78 Å². The van der Waals surface area contributed by atoms with Crippen molar-refractivity contribution in [3.8, 4) is 11.5 Å². The van der Waals surface area contributed by atoms with Crippen LogP contribution in [-0.2, 0) is 4.79 Å². The molecule has 3 heterocycles. The number of nitrogens with zero attached hydrogens (tertiary/aromatic N) is 4. The zero-order valence-corrected chi connectivity index (χ0v) is 29.1. The van der Waals surface area contributed by atoms with Crippen LogP contribution < -0.4 is 30.3 Å². The number of methoxy groups -OCH3 is 2. The Balaban J connectivity index is 1.30. The Kier molecular flexibility index (Phi) is 10.6. The van der Waals surface area contributed by atoms with Crippen molar-refractivity contribution >= 4 is 52.3 Å². The topological polar surface area (TPSA) is 111 Å². The van der Waals surface area contributed by atoms with E-state index < -0.39 is 6.03 Å². The minimum atomic E-state index is -0.525. The molecule has 1 unspecified atom stereocenters. The maximum Gasteiger partial charge on any atom is 0.327 e. The number of likely N-dealkylation sites (tertiary alicyclic amines) is 2. The molecule has 13 heteroatoms. The number of halogens is 2. The molecule has 0 saturated carbocycles. The van der Waals surface area contributed by atoms with Gasteiger partial charge in [0, 0.05) is 61.0 Å². The summed E-state index contributed by atoms with van der Waals surface area (Å²) in [6.45, 7) is 13.3. The number of hydrogen-bond acceptors (Lipinski definition) is 8. The van der Waals surface area contributed by atoms with Crippen LogP contribution in [0.25, 0.3) is 0 Å². The van der Waals surface area contributed by atoms with Crippen LogP contribution in [0.5, 0.6) is 11.5 Å². The van der Waals surface area contributed by atoms with E-state index in [0.29, 0.717) is 29.2 Å². The monoisotopic (exact) mass is 683 g/mol. The highest BCUT2D eigenvalue weighted by Gasteiger charge is 2.45. The number of nitrogens with one attached hydrogen (secondary N) is 3. The summed E-state index contributed by atoms with van der Waals surface area (Å²) in [6, 6.07) is 2.59. The van der Waals surface area contributed by atoms with Crippen LogP contribution in [0.4, 0.5) is 22.0 Å². The van der Waals surface area contributed by atoms with Gasteiger partial charge in [-0.05, 0) is 63.5 Å². The number of amides is 3. The Bertz CT molecular complexity index is 1570. The number of urea groups is 1. The van der Waals surface area contributed by atoms with Gasteiger partial charge in [0.05, 0.1) is 25.9 Å². The lowest BCUT2D eigenvalue weighted by molar-refractivity contribution is -0.115. The molecule has 0 bridgehead atoms. The smallest absolute Gasteiger partial charge is 0.327 e. The van der Waals surface area contributed by atoms with Gasteiger partial charge in [0.1, 0.15) is 27.4 Å². The molecule has 3 aliphatic rings. The highest BCUT2D eigenvalue weighted by atomic mass is 35.5. The Labute approximate surface area is 286 Å². The summed E-state index contributed by atoms with van der Waals surface area (Å²) in [5.74, 6) is 0.708. The first-order chi connectivity index (χ1) is 22.5. The highest BCUT2D eigenvalue weighted by Crippen LogP contribution is 2.45. The van der Waals surface area contributed by atoms with E-state index in [0.717, 1.165) is 55.4 Å². The second kappa shape index (κ2) is 14.5. The molecule has 1 spiro atoms. The molecule has 2 aromatic rings. The van der Waals surface area contributed by atoms with Gasteiger partial charge in [0.25, 0.3) is 0 Å². The fourth-order valence-corrected chi connectivity index (χ4v) is 6.89. The molecule has 11 nitrogen and oxygen atoms in total. The van der Waals surface area contributed by atoms with Crippen molar-refractivity contribution < 1.29 is 19.1 Å². The van der Waals surface area contributed by atoms with Gasteiger partial charge in [-0.1, -0.05) is 42.8 Å². The molecule has 252 valence electrons. The van der Waals surface area contributed by atoms with Gasteiger partial charge in [-0.2, -0.15) is 0 Å². The van der Waals surface area contributed by atoms with Crippen LogP contribution >= 0.6 is 23.2 Å². The van der Waals surface area contributed by atoms with Crippen molar-refractivity contribution in [3.63, 3.8) is 0 Å². The average Bonchev–Trinajstić information content (AvgIpc) is 3.06. The van der Waals surface area contributed by atoms with Crippen molar-refractivity contribution in [1.29, 1.82) is 0 Å². The number of ether oxygens (including phenoxy) is 2. The van der Waals surface area contributed by atoms with Crippen LogP contribution in [0.1, 0.15) is 31.7 Å². The predicted molar refractivity (Wildman–Crippen MR) is 188 cm³/mol. The molecule has 3 N–H and O–H groups in total. The molecule has 2 saturated heterocycles. The maximum absolute atomic E-state index is 13.4. The zero-order valence-electron chi connectivity index (χ0n) is 27.6. The SMILES string of the molecule is C=CC(=O)NC1=CC(N2CC3(CCN(CC)CC3)C2)=CCC1Nc1cc(N(C)C(=O)Nc2c(Cl)c(OC)cc(OC)c2Cl)ncc1C. The summed E-state index contributed by atoms with van der Waals surface area (Å²) in [5, 5.41) is 9.61. The lowest BCUT2D eigenvalue weighted by atomic mass is 9.71. The summed E-state index contributed by atoms with van der Waals surface area (Å²) in [5.41, 5.74) is 4.07. The third-order valence-electron chi connectivity index (χ3n) is 9.35. The molecule has 1 aromatic carbocycles. The van der Waals surface area contributed by atoms with Gasteiger partial charge < -0.3 is 35.2 Å². The molecule has 3 amide bonds. The number of piperidine rings is 1. The van der Waals surface area contributed by atoms with Crippen LogP contribution in [0.3, 0.4) is 0 Å². The minimum absolute atomic E-state index is 0.139. The summed E-state index contributed by atoms with van der Waals surface area (Å²) in [7, 11) is 4.51. The van der Waals surface area contributed by atoms with Gasteiger partial charge in [0.15, 0.2) is 0 Å². The largest absolute Gasteiger partial charge is 0.495 e. The number of pyridine rings is 1. The summed E-state index contributed by atoms with van der Waals surface area (Å²) in [4.78, 5) is 36.6. The van der Waals surface area contributed by atoms with E-state index in [4.69, 9.17) is 32.7 Å². The van der Waals surface area contributed by atoms with Gasteiger partial charge in [-0.15, -0.1) is 0 Å². The Morgan fingerprint density at radius 1 is 1.13 bits per heavy atom. The minimum Gasteiger partial charge on any atom is -0.495 e. The number of hydrogen-bond donors (Lipinski definition) is 3. The van der Waals surface area contributed by atoms with E-state index in [1.807, 2.05) is 6.92 Å². The van der Waals surface area contributed by atoms with Crippen LogP contribution in [0, 0.1) is 12.3 Å². The van der Waals surface area contributed by atoms with Crippen molar-refractivity contribution in [3.05, 3.63) is 70.1 Å². The van der Waals surface area contributed by atoms with E-state index in [9.17, 15) is 9.59 Å². The molecule has 0 radical (unpaired) electrons. The first-order valence-corrected chi connectivity index (χ1v) is 16.5. The number of allylic oxidation sites excluding steroid dienone is 1. The van der Waals surface area contributed by atoms with E-state index in [2.05, 4.69) is 56.4 Å². The van der Waals surface area contributed by atoms with Crippen LogP contribution in [-0.4, -0.2) is 86.8 Å². The third-order valence-corrected chi connectivity index (χ3v) is 10.1. The maximum atomic E-state index is 13.4. The number of rotatable bonds is 10. The molecule has 5 rings (SSSR count). The third kappa shape index (κ3) is 7.32. The quantitative estimate of drug-likeness (QED) is 0.260. The van der Waals surface area contributed by atoms with Gasteiger partial charge >= 0.3 is 6.03 Å². The lowest BCUT2D eigenvalue weighted by Gasteiger charge is -2.55. The molecule has 2 fully saturated rings. The Morgan fingerprint density at radius 2 is 1.79 bits per heavy atom. The Morgan fingerprint density at radius 3 is 2.38 bits per heavy atom. The molecule has 1 aromatic heterocycles. The van der Waals surface area contributed by atoms with Gasteiger partial charge in [0.2, 0.25) is 5.91 Å². The van der Waals surface area contributed by atoms with E-state index in [1.165, 1.54) is 38.0 Å². The van der Waals surface area contributed by atoms with E-state index >= 15 is 0 Å². The number of anilines is 3. The predicted octanol–water partition coefficient (Wildman–Crippen LogP) is 6.05. The van der Waals surface area contributed by atoms with Crippen molar-refractivity contribution in [2.75, 3.05) is 69.5 Å². The molecular formula is C34H43Cl2N7O4. The van der Waals surface area contributed by atoms with E-state index in [1.54, 1.807) is 25.4 Å². The first kappa shape index (κ1) is 34.4. The molecular weight excluding hydrogens is 641 g/mol. The summed E-state index contributed by atoms with van der Waals surface area (Å²) in [6.07, 6.45) is 10.4. The Hall–Kier alpha value is -3.93. The highest BCUT2D eigenvalue weighted by molar-refractivity contribution is 6.41. The average molecular weight is 685 g/mol. The lowest BCUT2D eigenvalue weighted by Crippen LogP contribution is -2.59. The van der Waals surface area contributed by atoms with Crippen LogP contribution in [0.15, 0.2) is 54.5 Å². The summed E-state index contributed by atoms with van der Waals surface area (Å²) < 4.78 is 10.6. The second-order valence-corrected chi connectivity index (χ2v) is 13.0. The summed E-state index contributed by atoms with van der Waals surface area (Å²) >= 11 is 12.9. The number of aromatic nitrogens is 1. The van der Waals surface area contributed by atoms with Crippen molar-refractivity contribution in [1.82, 2.24) is 20.1 Å².